The van der Waals surface area contributed by atoms with E-state index < -0.39 is 0 Å². The number of aromatic nitrogens is 2. The van der Waals surface area contributed by atoms with E-state index in [1.54, 1.807) is 24.3 Å². The summed E-state index contributed by atoms with van der Waals surface area (Å²) in [6.07, 6.45) is 0.828. The van der Waals surface area contributed by atoms with E-state index in [9.17, 15) is 9.18 Å². The summed E-state index contributed by atoms with van der Waals surface area (Å²) in [6, 6.07) is 17.2. The molecule has 0 aliphatic rings. The fraction of sp³-hybridized carbons (Fsp3) is 0.150. The maximum Gasteiger partial charge on any atom is 0.276 e. The van der Waals surface area contributed by atoms with E-state index >= 15 is 0 Å². The minimum Gasteiger partial charge on any atom is -0.365 e. The molecule has 1 heterocycles. The number of halogens is 1. The number of carbonyl (C=O) groups excluding carboxylic acids is 1. The van der Waals surface area contributed by atoms with Crippen LogP contribution in [0.4, 0.5) is 15.9 Å². The van der Waals surface area contributed by atoms with Gasteiger partial charge >= 0.3 is 0 Å². The monoisotopic (exact) mass is 350 g/mol. The van der Waals surface area contributed by atoms with Crippen LogP contribution in [0.25, 0.3) is 0 Å². The van der Waals surface area contributed by atoms with Gasteiger partial charge in [0.1, 0.15) is 11.6 Å². The Morgan fingerprint density at radius 3 is 2.46 bits per heavy atom. The van der Waals surface area contributed by atoms with Crippen molar-refractivity contribution in [2.24, 2.45) is 0 Å². The van der Waals surface area contributed by atoms with E-state index in [2.05, 4.69) is 20.8 Å². The summed E-state index contributed by atoms with van der Waals surface area (Å²) in [5.41, 5.74) is 3.00. The van der Waals surface area contributed by atoms with Crippen LogP contribution in [0.2, 0.25) is 0 Å². The molecule has 0 saturated carbocycles. The van der Waals surface area contributed by atoms with Gasteiger partial charge in [0.15, 0.2) is 5.69 Å². The van der Waals surface area contributed by atoms with Gasteiger partial charge in [-0.2, -0.15) is 0 Å². The van der Waals surface area contributed by atoms with E-state index in [-0.39, 0.29) is 17.4 Å². The van der Waals surface area contributed by atoms with Gasteiger partial charge in [-0.25, -0.2) is 4.39 Å². The predicted molar refractivity (Wildman–Crippen MR) is 99.5 cm³/mol. The molecule has 6 heteroatoms. The lowest BCUT2D eigenvalue weighted by Gasteiger charge is -2.09. The standard InChI is InChI=1S/C20H19FN4O/c1-2-15-5-3-4-6-17(15)23-20(26)18-11-12-19(25-24-18)22-13-14-7-9-16(21)10-8-14/h3-12H,2,13H2,1H3,(H,22,25)(H,23,26). The van der Waals surface area contributed by atoms with E-state index in [1.165, 1.54) is 12.1 Å². The van der Waals surface area contributed by atoms with Crippen LogP contribution in [0, 0.1) is 5.82 Å². The van der Waals surface area contributed by atoms with Crippen molar-refractivity contribution in [1.82, 2.24) is 10.2 Å². The van der Waals surface area contributed by atoms with Crippen molar-refractivity contribution in [3.8, 4) is 0 Å². The first-order chi connectivity index (χ1) is 12.7. The van der Waals surface area contributed by atoms with Crippen molar-refractivity contribution in [3.63, 3.8) is 0 Å². The number of hydrogen-bond acceptors (Lipinski definition) is 4. The summed E-state index contributed by atoms with van der Waals surface area (Å²) >= 11 is 0. The van der Waals surface area contributed by atoms with Crippen LogP contribution in [-0.2, 0) is 13.0 Å². The Labute approximate surface area is 151 Å². The number of benzene rings is 2. The van der Waals surface area contributed by atoms with Crippen LogP contribution in [0.5, 0.6) is 0 Å². The SMILES string of the molecule is CCc1ccccc1NC(=O)c1ccc(NCc2ccc(F)cc2)nn1. The van der Waals surface area contributed by atoms with Crippen molar-refractivity contribution >= 4 is 17.4 Å². The fourth-order valence-electron chi connectivity index (χ4n) is 2.48. The van der Waals surface area contributed by atoms with Crippen LogP contribution < -0.4 is 10.6 Å². The van der Waals surface area contributed by atoms with Gasteiger partial charge in [-0.1, -0.05) is 37.3 Å². The summed E-state index contributed by atoms with van der Waals surface area (Å²) in [5.74, 6) is -0.0307. The smallest absolute Gasteiger partial charge is 0.276 e. The Balaban J connectivity index is 1.61. The third-order valence-corrected chi connectivity index (χ3v) is 3.93. The minimum atomic E-state index is -0.302. The first-order valence-electron chi connectivity index (χ1n) is 8.37. The van der Waals surface area contributed by atoms with Crippen molar-refractivity contribution in [3.05, 3.63) is 83.3 Å². The number of para-hydroxylation sites is 1. The zero-order valence-electron chi connectivity index (χ0n) is 14.4. The molecule has 2 N–H and O–H groups in total. The molecular weight excluding hydrogens is 331 g/mol. The lowest BCUT2D eigenvalue weighted by molar-refractivity contribution is 0.102. The minimum absolute atomic E-state index is 0.239. The third kappa shape index (κ3) is 4.42. The van der Waals surface area contributed by atoms with Crippen LogP contribution in [0.3, 0.4) is 0 Å². The molecule has 132 valence electrons. The Bertz CT molecular complexity index is 879. The Hall–Kier alpha value is -3.28. The Morgan fingerprint density at radius 2 is 1.77 bits per heavy atom. The number of rotatable bonds is 6. The van der Waals surface area contributed by atoms with Crippen LogP contribution >= 0.6 is 0 Å². The second kappa shape index (κ2) is 8.20. The topological polar surface area (TPSA) is 66.9 Å². The van der Waals surface area contributed by atoms with Crippen molar-refractivity contribution in [2.45, 2.75) is 19.9 Å². The van der Waals surface area contributed by atoms with E-state index in [4.69, 9.17) is 0 Å². The summed E-state index contributed by atoms with van der Waals surface area (Å²) in [4.78, 5) is 12.3. The molecule has 0 spiro atoms. The van der Waals surface area contributed by atoms with Gasteiger partial charge < -0.3 is 10.6 Å². The molecule has 0 atom stereocenters. The number of hydrogen-bond donors (Lipinski definition) is 2. The normalized spacial score (nSPS) is 10.4. The first-order valence-corrected chi connectivity index (χ1v) is 8.37. The van der Waals surface area contributed by atoms with Gasteiger partial charge in [0, 0.05) is 12.2 Å². The largest absolute Gasteiger partial charge is 0.365 e. The van der Waals surface area contributed by atoms with Gasteiger partial charge in [-0.05, 0) is 47.9 Å². The van der Waals surface area contributed by atoms with E-state index in [1.807, 2.05) is 31.2 Å². The first kappa shape index (κ1) is 17.5. The van der Waals surface area contributed by atoms with Crippen molar-refractivity contribution in [1.29, 1.82) is 0 Å². The lowest BCUT2D eigenvalue weighted by atomic mass is 10.1. The van der Waals surface area contributed by atoms with E-state index in [0.717, 1.165) is 23.2 Å². The molecule has 26 heavy (non-hydrogen) atoms. The average molecular weight is 350 g/mol. The fourth-order valence-corrected chi connectivity index (χ4v) is 2.48. The molecule has 1 aromatic heterocycles. The van der Waals surface area contributed by atoms with Crippen LogP contribution in [-0.4, -0.2) is 16.1 Å². The molecule has 3 rings (SSSR count). The molecule has 5 nitrogen and oxygen atoms in total. The molecule has 0 radical (unpaired) electrons. The maximum atomic E-state index is 12.9. The van der Waals surface area contributed by atoms with E-state index in [0.29, 0.717) is 12.4 Å². The zero-order chi connectivity index (χ0) is 18.4. The van der Waals surface area contributed by atoms with Gasteiger partial charge in [0.25, 0.3) is 5.91 Å². The lowest BCUT2D eigenvalue weighted by Crippen LogP contribution is -2.16. The highest BCUT2D eigenvalue weighted by Gasteiger charge is 2.10. The highest BCUT2D eigenvalue weighted by Crippen LogP contribution is 2.16. The van der Waals surface area contributed by atoms with Gasteiger partial charge in [-0.3, -0.25) is 4.79 Å². The second-order valence-corrected chi connectivity index (χ2v) is 5.75. The molecule has 0 unspecified atom stereocenters. The van der Waals surface area contributed by atoms with Gasteiger partial charge in [-0.15, -0.1) is 10.2 Å². The molecule has 1 amide bonds. The molecular formula is C20H19FN4O. The van der Waals surface area contributed by atoms with Crippen LogP contribution in [0.15, 0.2) is 60.7 Å². The Kier molecular flexibility index (Phi) is 5.53. The van der Waals surface area contributed by atoms with Crippen molar-refractivity contribution < 1.29 is 9.18 Å². The highest BCUT2D eigenvalue weighted by atomic mass is 19.1. The number of carbonyl (C=O) groups is 1. The summed E-state index contributed by atoms with van der Waals surface area (Å²) < 4.78 is 12.9. The number of anilines is 2. The summed E-state index contributed by atoms with van der Waals surface area (Å²) in [7, 11) is 0. The van der Waals surface area contributed by atoms with Crippen LogP contribution in [0.1, 0.15) is 28.5 Å². The number of aryl methyl sites for hydroxylation is 1. The number of amides is 1. The third-order valence-electron chi connectivity index (χ3n) is 3.93. The molecule has 0 aliphatic carbocycles. The molecule has 0 saturated heterocycles. The summed E-state index contributed by atoms with van der Waals surface area (Å²) in [6.45, 7) is 2.52. The predicted octanol–water partition coefficient (Wildman–Crippen LogP) is 4.04. The molecule has 3 aromatic rings. The molecule has 0 fully saturated rings. The summed E-state index contributed by atoms with van der Waals surface area (Å²) in [5, 5.41) is 13.9. The quantitative estimate of drug-likeness (QED) is 0.704. The maximum absolute atomic E-state index is 12.9. The molecule has 0 bridgehead atoms. The van der Waals surface area contributed by atoms with Gasteiger partial charge in [0.2, 0.25) is 0 Å². The number of nitrogens with one attached hydrogen (secondary N) is 2. The second-order valence-electron chi connectivity index (χ2n) is 5.75. The van der Waals surface area contributed by atoms with Gasteiger partial charge in [0.05, 0.1) is 0 Å². The molecule has 0 aliphatic heterocycles. The Morgan fingerprint density at radius 1 is 1.00 bits per heavy atom. The molecule has 2 aromatic carbocycles. The van der Waals surface area contributed by atoms with Crippen molar-refractivity contribution in [2.75, 3.05) is 10.6 Å². The zero-order valence-corrected chi connectivity index (χ0v) is 14.4. The number of nitrogens with zero attached hydrogens (tertiary/aromatic N) is 2. The average Bonchev–Trinajstić information content (AvgIpc) is 2.68. The highest BCUT2D eigenvalue weighted by molar-refractivity contribution is 6.03.